The lowest BCUT2D eigenvalue weighted by atomic mass is 10.1. The van der Waals surface area contributed by atoms with Gasteiger partial charge in [-0.2, -0.15) is 0 Å². The SMILES string of the molecule is COc1cccc(C(C)NS(=O)(=O)c2ccc(Cl)c(Cl)c2)c1. The zero-order valence-electron chi connectivity index (χ0n) is 12.0. The molecule has 2 rings (SSSR count). The summed E-state index contributed by atoms with van der Waals surface area (Å²) >= 11 is 11.7. The van der Waals surface area contributed by atoms with Crippen molar-refractivity contribution in [2.45, 2.75) is 17.9 Å². The normalized spacial score (nSPS) is 12.9. The molecule has 0 spiro atoms. The topological polar surface area (TPSA) is 55.4 Å². The van der Waals surface area contributed by atoms with Crippen LogP contribution >= 0.6 is 23.2 Å². The number of rotatable bonds is 5. The molecule has 0 aliphatic rings. The average molecular weight is 360 g/mol. The van der Waals surface area contributed by atoms with Crippen molar-refractivity contribution in [3.63, 3.8) is 0 Å². The second-order valence-electron chi connectivity index (χ2n) is 4.70. The number of methoxy groups -OCH3 is 1. The van der Waals surface area contributed by atoms with Crippen LogP contribution in [0.5, 0.6) is 5.75 Å². The summed E-state index contributed by atoms with van der Waals surface area (Å²) in [5.41, 5.74) is 0.794. The quantitative estimate of drug-likeness (QED) is 0.876. The van der Waals surface area contributed by atoms with E-state index >= 15 is 0 Å². The molecule has 0 aromatic heterocycles. The van der Waals surface area contributed by atoms with Gasteiger partial charge < -0.3 is 4.74 Å². The van der Waals surface area contributed by atoms with E-state index in [1.54, 1.807) is 32.2 Å². The first-order chi connectivity index (χ1) is 10.3. The third-order valence-electron chi connectivity index (χ3n) is 3.13. The first kappa shape index (κ1) is 17.1. The van der Waals surface area contributed by atoms with Crippen LogP contribution in [0.1, 0.15) is 18.5 Å². The molecule has 0 amide bonds. The van der Waals surface area contributed by atoms with Gasteiger partial charge in [-0.1, -0.05) is 35.3 Å². The lowest BCUT2D eigenvalue weighted by Gasteiger charge is -2.15. The molecular formula is C15H15Cl2NO3S. The Balaban J connectivity index is 2.25. The Morgan fingerprint density at radius 3 is 2.45 bits per heavy atom. The molecule has 22 heavy (non-hydrogen) atoms. The summed E-state index contributed by atoms with van der Waals surface area (Å²) in [6.07, 6.45) is 0. The molecule has 2 aromatic rings. The van der Waals surface area contributed by atoms with Crippen LogP contribution in [-0.2, 0) is 10.0 Å². The van der Waals surface area contributed by atoms with E-state index in [9.17, 15) is 8.42 Å². The van der Waals surface area contributed by atoms with Crippen LogP contribution in [0.4, 0.5) is 0 Å². The zero-order valence-corrected chi connectivity index (χ0v) is 14.3. The van der Waals surface area contributed by atoms with Crippen molar-refractivity contribution in [2.24, 2.45) is 0 Å². The summed E-state index contributed by atoms with van der Waals surface area (Å²) in [6.45, 7) is 1.75. The van der Waals surface area contributed by atoms with Crippen molar-refractivity contribution in [3.05, 3.63) is 58.1 Å². The maximum Gasteiger partial charge on any atom is 0.241 e. The van der Waals surface area contributed by atoms with Crippen LogP contribution in [-0.4, -0.2) is 15.5 Å². The van der Waals surface area contributed by atoms with Gasteiger partial charge in [0.1, 0.15) is 5.75 Å². The van der Waals surface area contributed by atoms with Gasteiger partial charge in [0.25, 0.3) is 0 Å². The summed E-state index contributed by atoms with van der Waals surface area (Å²) in [4.78, 5) is 0.0663. The van der Waals surface area contributed by atoms with E-state index < -0.39 is 16.1 Å². The van der Waals surface area contributed by atoms with Gasteiger partial charge in [0.15, 0.2) is 0 Å². The van der Waals surface area contributed by atoms with Crippen molar-refractivity contribution in [1.82, 2.24) is 4.72 Å². The Morgan fingerprint density at radius 1 is 1.09 bits per heavy atom. The molecule has 0 radical (unpaired) electrons. The molecule has 2 aromatic carbocycles. The third-order valence-corrected chi connectivity index (χ3v) is 5.40. The maximum atomic E-state index is 12.4. The fraction of sp³-hybridized carbons (Fsp3) is 0.200. The Hall–Kier alpha value is -1.27. The summed E-state index contributed by atoms with van der Waals surface area (Å²) in [5, 5.41) is 0.500. The van der Waals surface area contributed by atoms with E-state index in [2.05, 4.69) is 4.72 Å². The van der Waals surface area contributed by atoms with Crippen LogP contribution in [0.25, 0.3) is 0 Å². The average Bonchev–Trinajstić information content (AvgIpc) is 2.49. The van der Waals surface area contributed by atoms with Crippen LogP contribution in [0.15, 0.2) is 47.4 Å². The van der Waals surface area contributed by atoms with Gasteiger partial charge in [0, 0.05) is 6.04 Å². The molecule has 0 fully saturated rings. The van der Waals surface area contributed by atoms with E-state index in [4.69, 9.17) is 27.9 Å². The van der Waals surface area contributed by atoms with Gasteiger partial charge in [-0.25, -0.2) is 13.1 Å². The summed E-state index contributed by atoms with van der Waals surface area (Å²) in [6, 6.07) is 11.0. The van der Waals surface area contributed by atoms with Crippen molar-refractivity contribution >= 4 is 33.2 Å². The van der Waals surface area contributed by atoms with Gasteiger partial charge in [0.2, 0.25) is 10.0 Å². The van der Waals surface area contributed by atoms with E-state index in [1.807, 2.05) is 6.07 Å². The van der Waals surface area contributed by atoms with Gasteiger partial charge in [-0.3, -0.25) is 0 Å². The number of nitrogens with one attached hydrogen (secondary N) is 1. The Labute approximate surface area is 140 Å². The van der Waals surface area contributed by atoms with E-state index in [0.717, 1.165) is 5.56 Å². The first-order valence-electron chi connectivity index (χ1n) is 6.45. The van der Waals surface area contributed by atoms with E-state index in [1.165, 1.54) is 18.2 Å². The standard InChI is InChI=1S/C15H15Cl2NO3S/c1-10(11-4-3-5-12(8-11)21-2)18-22(19,20)13-6-7-14(16)15(17)9-13/h3-10,18H,1-2H3. The predicted octanol–water partition coefficient (Wildman–Crippen LogP) is 4.04. The van der Waals surface area contributed by atoms with E-state index in [0.29, 0.717) is 10.8 Å². The minimum atomic E-state index is -3.70. The predicted molar refractivity (Wildman–Crippen MR) is 88.2 cm³/mol. The summed E-state index contributed by atoms with van der Waals surface area (Å²) in [5.74, 6) is 0.665. The molecule has 0 bridgehead atoms. The van der Waals surface area contributed by atoms with Crippen molar-refractivity contribution < 1.29 is 13.2 Å². The Morgan fingerprint density at radius 2 is 1.82 bits per heavy atom. The molecule has 118 valence electrons. The van der Waals surface area contributed by atoms with Crippen LogP contribution in [0, 0.1) is 0 Å². The van der Waals surface area contributed by atoms with Crippen molar-refractivity contribution in [1.29, 1.82) is 0 Å². The first-order valence-corrected chi connectivity index (χ1v) is 8.69. The van der Waals surface area contributed by atoms with Gasteiger partial charge in [0.05, 0.1) is 22.1 Å². The molecule has 1 N–H and O–H groups in total. The van der Waals surface area contributed by atoms with Gasteiger partial charge in [-0.05, 0) is 42.8 Å². The lowest BCUT2D eigenvalue weighted by Crippen LogP contribution is -2.26. The van der Waals surface area contributed by atoms with Crippen LogP contribution < -0.4 is 9.46 Å². The molecule has 1 atom stereocenters. The molecule has 0 saturated carbocycles. The number of hydrogen-bond acceptors (Lipinski definition) is 3. The molecule has 0 saturated heterocycles. The lowest BCUT2D eigenvalue weighted by molar-refractivity contribution is 0.413. The maximum absolute atomic E-state index is 12.4. The van der Waals surface area contributed by atoms with E-state index in [-0.39, 0.29) is 9.92 Å². The summed E-state index contributed by atoms with van der Waals surface area (Å²) in [7, 11) is -2.14. The molecule has 7 heteroatoms. The Bertz CT molecular complexity index is 778. The molecular weight excluding hydrogens is 345 g/mol. The largest absolute Gasteiger partial charge is 0.497 e. The molecule has 0 aliphatic carbocycles. The van der Waals surface area contributed by atoms with Crippen molar-refractivity contribution in [2.75, 3.05) is 7.11 Å². The van der Waals surface area contributed by atoms with Crippen LogP contribution in [0.2, 0.25) is 10.0 Å². The number of ether oxygens (including phenoxy) is 1. The zero-order chi connectivity index (χ0) is 16.3. The van der Waals surface area contributed by atoms with Crippen LogP contribution in [0.3, 0.4) is 0 Å². The fourth-order valence-electron chi connectivity index (χ4n) is 1.92. The molecule has 0 aliphatic heterocycles. The second kappa shape index (κ2) is 6.87. The second-order valence-corrected chi connectivity index (χ2v) is 7.22. The highest BCUT2D eigenvalue weighted by Gasteiger charge is 2.19. The minimum absolute atomic E-state index is 0.0663. The van der Waals surface area contributed by atoms with Gasteiger partial charge >= 0.3 is 0 Å². The monoisotopic (exact) mass is 359 g/mol. The number of benzene rings is 2. The highest BCUT2D eigenvalue weighted by atomic mass is 35.5. The minimum Gasteiger partial charge on any atom is -0.497 e. The molecule has 4 nitrogen and oxygen atoms in total. The smallest absolute Gasteiger partial charge is 0.241 e. The van der Waals surface area contributed by atoms with Crippen molar-refractivity contribution in [3.8, 4) is 5.75 Å². The molecule has 1 unspecified atom stereocenters. The molecule has 0 heterocycles. The highest BCUT2D eigenvalue weighted by Crippen LogP contribution is 2.26. The highest BCUT2D eigenvalue weighted by molar-refractivity contribution is 7.89. The fourth-order valence-corrected chi connectivity index (χ4v) is 3.54. The third kappa shape index (κ3) is 3.93. The number of halogens is 2. The number of sulfonamides is 1. The summed E-state index contributed by atoms with van der Waals surface area (Å²) < 4.78 is 32.5. The van der Waals surface area contributed by atoms with Gasteiger partial charge in [-0.15, -0.1) is 0 Å². The number of hydrogen-bond donors (Lipinski definition) is 1. The Kier molecular flexibility index (Phi) is 5.34.